The Morgan fingerprint density at radius 3 is 1.25 bits per heavy atom. The van der Waals surface area contributed by atoms with E-state index in [1.54, 1.807) is 0 Å². The van der Waals surface area contributed by atoms with E-state index in [4.69, 9.17) is 0 Å². The van der Waals surface area contributed by atoms with E-state index in [2.05, 4.69) is 62.4 Å². The van der Waals surface area contributed by atoms with Gasteiger partial charge in [0.2, 0.25) is 0 Å². The molecule has 0 aliphatic heterocycles. The first-order valence-electron chi connectivity index (χ1n) is 9.50. The van der Waals surface area contributed by atoms with Crippen LogP contribution in [-0.4, -0.2) is 5.78 Å². The van der Waals surface area contributed by atoms with Crippen LogP contribution in [0.3, 0.4) is 0 Å². The van der Waals surface area contributed by atoms with Crippen LogP contribution in [0, 0.1) is 13.8 Å². The average Bonchev–Trinajstić information content (AvgIpc) is 2.74. The van der Waals surface area contributed by atoms with Gasteiger partial charge in [-0.05, 0) is 36.1 Å². The molecule has 0 aliphatic rings. The second kappa shape index (κ2) is 7.66. The van der Waals surface area contributed by atoms with Gasteiger partial charge in [0, 0.05) is 11.1 Å². The predicted molar refractivity (Wildman–Crippen MR) is 117 cm³/mol. The molecular formula is C27H22O. The number of hydrogen-bond acceptors (Lipinski definition) is 1. The molecule has 4 aromatic carbocycles. The van der Waals surface area contributed by atoms with Crippen LogP contribution in [0.2, 0.25) is 0 Å². The van der Waals surface area contributed by atoms with Gasteiger partial charge in [-0.2, -0.15) is 0 Å². The van der Waals surface area contributed by atoms with E-state index in [0.29, 0.717) is 0 Å². The molecule has 0 unspecified atom stereocenters. The molecule has 4 aromatic rings. The molecule has 0 N–H and O–H groups in total. The summed E-state index contributed by atoms with van der Waals surface area (Å²) in [7, 11) is 0. The molecule has 1 heteroatoms. The number of carbonyl (C=O) groups is 1. The van der Waals surface area contributed by atoms with Crippen LogP contribution in [0.1, 0.15) is 27.0 Å². The van der Waals surface area contributed by atoms with Crippen LogP contribution in [0.4, 0.5) is 0 Å². The maximum absolute atomic E-state index is 13.6. The summed E-state index contributed by atoms with van der Waals surface area (Å²) in [5.41, 5.74) is 7.91. The summed E-state index contributed by atoms with van der Waals surface area (Å²) >= 11 is 0. The van der Waals surface area contributed by atoms with Crippen molar-refractivity contribution in [3.05, 3.63) is 119 Å². The van der Waals surface area contributed by atoms with Crippen molar-refractivity contribution >= 4 is 5.78 Å². The van der Waals surface area contributed by atoms with Gasteiger partial charge in [0.15, 0.2) is 5.78 Å². The predicted octanol–water partition coefficient (Wildman–Crippen LogP) is 6.87. The quantitative estimate of drug-likeness (QED) is 0.362. The highest BCUT2D eigenvalue weighted by atomic mass is 16.1. The third kappa shape index (κ3) is 3.52. The van der Waals surface area contributed by atoms with Crippen molar-refractivity contribution in [2.24, 2.45) is 0 Å². The zero-order valence-corrected chi connectivity index (χ0v) is 16.1. The smallest absolute Gasteiger partial charge is 0.194 e. The molecule has 1 nitrogen and oxygen atoms in total. The molecule has 0 heterocycles. The summed E-state index contributed by atoms with van der Waals surface area (Å²) in [6.45, 7) is 4.14. The fraction of sp³-hybridized carbons (Fsp3) is 0.0741. The number of ketones is 1. The minimum atomic E-state index is 0.0485. The molecule has 0 aliphatic carbocycles. The number of aryl methyl sites for hydroxylation is 2. The molecule has 28 heavy (non-hydrogen) atoms. The highest BCUT2D eigenvalue weighted by molar-refractivity contribution is 6.16. The van der Waals surface area contributed by atoms with E-state index in [1.807, 2.05) is 48.5 Å². The fourth-order valence-electron chi connectivity index (χ4n) is 3.48. The lowest BCUT2D eigenvalue weighted by Gasteiger charge is -2.13. The van der Waals surface area contributed by atoms with Crippen LogP contribution in [0.5, 0.6) is 0 Å². The SMILES string of the molecule is Cc1ccc(-c2ccccc2C(=O)c2ccccc2-c2ccc(C)cc2)cc1. The Morgan fingerprint density at radius 2 is 0.857 bits per heavy atom. The maximum Gasteiger partial charge on any atom is 0.194 e. The van der Waals surface area contributed by atoms with Crippen molar-refractivity contribution in [2.45, 2.75) is 13.8 Å². The second-order valence-electron chi connectivity index (χ2n) is 7.15. The minimum Gasteiger partial charge on any atom is -0.289 e. The molecule has 0 radical (unpaired) electrons. The van der Waals surface area contributed by atoms with Crippen LogP contribution >= 0.6 is 0 Å². The average molecular weight is 362 g/mol. The summed E-state index contributed by atoms with van der Waals surface area (Å²) in [6, 6.07) is 32.3. The summed E-state index contributed by atoms with van der Waals surface area (Å²) in [5.74, 6) is 0.0485. The van der Waals surface area contributed by atoms with Crippen LogP contribution in [0.15, 0.2) is 97.1 Å². The third-order valence-corrected chi connectivity index (χ3v) is 5.07. The number of benzene rings is 4. The van der Waals surface area contributed by atoms with E-state index >= 15 is 0 Å². The zero-order valence-electron chi connectivity index (χ0n) is 16.1. The number of carbonyl (C=O) groups excluding carboxylic acids is 1. The van der Waals surface area contributed by atoms with Gasteiger partial charge in [-0.15, -0.1) is 0 Å². The van der Waals surface area contributed by atoms with E-state index in [9.17, 15) is 4.79 Å². The van der Waals surface area contributed by atoms with Gasteiger partial charge in [-0.25, -0.2) is 0 Å². The van der Waals surface area contributed by atoms with Crippen LogP contribution in [0.25, 0.3) is 22.3 Å². The molecule has 4 rings (SSSR count). The standard InChI is InChI=1S/C27H22O/c1-19-11-15-21(16-12-19)23-7-3-5-9-25(23)27(28)26-10-6-4-8-24(26)22-17-13-20(2)14-18-22/h3-18H,1-2H3. The normalized spacial score (nSPS) is 10.6. The molecule has 0 saturated carbocycles. The van der Waals surface area contributed by atoms with Gasteiger partial charge in [-0.3, -0.25) is 4.79 Å². The van der Waals surface area contributed by atoms with Crippen molar-refractivity contribution in [3.63, 3.8) is 0 Å². The Balaban J connectivity index is 1.82. The Kier molecular flexibility index (Phi) is 4.90. The number of hydrogen-bond donors (Lipinski definition) is 0. The lowest BCUT2D eigenvalue weighted by molar-refractivity contribution is 0.104. The molecular weight excluding hydrogens is 340 g/mol. The summed E-state index contributed by atoms with van der Waals surface area (Å²) in [4.78, 5) is 13.6. The first kappa shape index (κ1) is 17.9. The van der Waals surface area contributed by atoms with Gasteiger partial charge in [0.25, 0.3) is 0 Å². The van der Waals surface area contributed by atoms with Crippen molar-refractivity contribution in [1.29, 1.82) is 0 Å². The monoisotopic (exact) mass is 362 g/mol. The minimum absolute atomic E-state index is 0.0485. The van der Waals surface area contributed by atoms with Crippen molar-refractivity contribution in [2.75, 3.05) is 0 Å². The topological polar surface area (TPSA) is 17.1 Å². The Labute approximate surface area is 166 Å². The first-order valence-corrected chi connectivity index (χ1v) is 9.50. The molecule has 0 atom stereocenters. The van der Waals surface area contributed by atoms with E-state index in [1.165, 1.54) is 11.1 Å². The summed E-state index contributed by atoms with van der Waals surface area (Å²) in [5, 5.41) is 0. The van der Waals surface area contributed by atoms with Gasteiger partial charge in [-0.1, -0.05) is 108 Å². The summed E-state index contributed by atoms with van der Waals surface area (Å²) in [6.07, 6.45) is 0. The maximum atomic E-state index is 13.6. The highest BCUT2D eigenvalue weighted by Crippen LogP contribution is 2.30. The lowest BCUT2D eigenvalue weighted by atomic mass is 9.89. The zero-order chi connectivity index (χ0) is 19.5. The van der Waals surface area contributed by atoms with Crippen molar-refractivity contribution in [1.82, 2.24) is 0 Å². The Morgan fingerprint density at radius 1 is 0.500 bits per heavy atom. The molecule has 0 amide bonds. The van der Waals surface area contributed by atoms with E-state index in [-0.39, 0.29) is 5.78 Å². The second-order valence-corrected chi connectivity index (χ2v) is 7.15. The third-order valence-electron chi connectivity index (χ3n) is 5.07. The van der Waals surface area contributed by atoms with Crippen LogP contribution in [-0.2, 0) is 0 Å². The van der Waals surface area contributed by atoms with Crippen LogP contribution < -0.4 is 0 Å². The summed E-state index contributed by atoms with van der Waals surface area (Å²) < 4.78 is 0. The molecule has 0 aromatic heterocycles. The highest BCUT2D eigenvalue weighted by Gasteiger charge is 2.18. The van der Waals surface area contributed by atoms with Crippen molar-refractivity contribution in [3.8, 4) is 22.3 Å². The fourth-order valence-corrected chi connectivity index (χ4v) is 3.48. The molecule has 0 fully saturated rings. The largest absolute Gasteiger partial charge is 0.289 e. The molecule has 0 saturated heterocycles. The van der Waals surface area contributed by atoms with E-state index in [0.717, 1.165) is 33.4 Å². The Bertz CT molecular complexity index is 1030. The molecule has 0 bridgehead atoms. The molecule has 0 spiro atoms. The van der Waals surface area contributed by atoms with E-state index < -0.39 is 0 Å². The van der Waals surface area contributed by atoms with Gasteiger partial charge in [0.05, 0.1) is 0 Å². The van der Waals surface area contributed by atoms with Gasteiger partial charge < -0.3 is 0 Å². The first-order chi connectivity index (χ1) is 13.6. The molecule has 136 valence electrons. The van der Waals surface area contributed by atoms with Gasteiger partial charge >= 0.3 is 0 Å². The number of rotatable bonds is 4. The van der Waals surface area contributed by atoms with Gasteiger partial charge in [0.1, 0.15) is 0 Å². The Hall–Kier alpha value is -3.45. The van der Waals surface area contributed by atoms with Crippen molar-refractivity contribution < 1.29 is 4.79 Å². The lowest BCUT2D eigenvalue weighted by Crippen LogP contribution is -2.05.